The van der Waals surface area contributed by atoms with Crippen LogP contribution in [0, 0.1) is 5.92 Å². The van der Waals surface area contributed by atoms with Crippen LogP contribution in [0.15, 0.2) is 0 Å². The van der Waals surface area contributed by atoms with E-state index in [-0.39, 0.29) is 18.4 Å². The van der Waals surface area contributed by atoms with E-state index in [0.717, 1.165) is 0 Å². The molecule has 0 heterocycles. The molecule has 1 unspecified atom stereocenters. The number of alkyl carbamates (subject to hydrolysis) is 1. The first-order valence-corrected chi connectivity index (χ1v) is 6.36. The summed E-state index contributed by atoms with van der Waals surface area (Å²) in [5.74, 6) is -0.159. The third kappa shape index (κ3) is 9.04. The Balaban J connectivity index is 4.54. The minimum absolute atomic E-state index is 0.0660. The van der Waals surface area contributed by atoms with E-state index < -0.39 is 17.7 Å². The Hall–Kier alpha value is -1.59. The zero-order valence-corrected chi connectivity index (χ0v) is 12.3. The molecule has 0 radical (unpaired) electrons. The lowest BCUT2D eigenvalue weighted by atomic mass is 10.0. The normalized spacial score (nSPS) is 12.7. The van der Waals surface area contributed by atoms with Crippen molar-refractivity contribution in [2.75, 3.05) is 6.54 Å². The Morgan fingerprint density at radius 2 is 1.84 bits per heavy atom. The minimum Gasteiger partial charge on any atom is -0.444 e. The van der Waals surface area contributed by atoms with Gasteiger partial charge in [-0.2, -0.15) is 0 Å². The van der Waals surface area contributed by atoms with Crippen LogP contribution in [0.25, 0.3) is 0 Å². The van der Waals surface area contributed by atoms with Crippen molar-refractivity contribution in [2.24, 2.45) is 5.92 Å². The number of hydrogen-bond donors (Lipinski definition) is 2. The van der Waals surface area contributed by atoms with Gasteiger partial charge in [-0.25, -0.2) is 4.79 Å². The van der Waals surface area contributed by atoms with E-state index in [9.17, 15) is 14.4 Å². The summed E-state index contributed by atoms with van der Waals surface area (Å²) >= 11 is 0. The molecule has 0 saturated carbocycles. The molecule has 1 atom stereocenters. The summed E-state index contributed by atoms with van der Waals surface area (Å²) in [6.07, 6.45) is 0.432. The molecule has 0 rings (SSSR count). The maximum absolute atomic E-state index is 11.8. The zero-order valence-electron chi connectivity index (χ0n) is 12.3. The van der Waals surface area contributed by atoms with Crippen LogP contribution in [0.1, 0.15) is 41.0 Å². The fraction of sp³-hybridized carbons (Fsp3) is 0.769. The second kappa shape index (κ2) is 7.76. The highest BCUT2D eigenvalue weighted by molar-refractivity contribution is 5.86. The molecule has 0 fully saturated rings. The molecule has 6 nitrogen and oxygen atoms in total. The van der Waals surface area contributed by atoms with Gasteiger partial charge in [-0.3, -0.25) is 4.79 Å². The van der Waals surface area contributed by atoms with Gasteiger partial charge in [0.1, 0.15) is 17.9 Å². The minimum atomic E-state index is -0.699. The average Bonchev–Trinajstić information content (AvgIpc) is 2.21. The van der Waals surface area contributed by atoms with Gasteiger partial charge in [0.2, 0.25) is 5.91 Å². The van der Waals surface area contributed by atoms with Crippen LogP contribution < -0.4 is 10.6 Å². The molecule has 0 aliphatic carbocycles. The molecule has 2 N–H and O–H groups in total. The van der Waals surface area contributed by atoms with Crippen molar-refractivity contribution in [1.82, 2.24) is 10.6 Å². The van der Waals surface area contributed by atoms with Gasteiger partial charge in [0.25, 0.3) is 0 Å². The summed E-state index contributed by atoms with van der Waals surface area (Å²) in [7, 11) is 0. The smallest absolute Gasteiger partial charge is 0.408 e. The van der Waals surface area contributed by atoms with Crippen LogP contribution in [0.4, 0.5) is 4.79 Å². The summed E-state index contributed by atoms with van der Waals surface area (Å²) in [5, 5.41) is 4.95. The molecule has 0 aromatic rings. The summed E-state index contributed by atoms with van der Waals surface area (Å²) < 4.78 is 5.10. The fourth-order valence-electron chi connectivity index (χ4n) is 1.42. The number of ether oxygens (including phenoxy) is 1. The first-order valence-electron chi connectivity index (χ1n) is 6.36. The van der Waals surface area contributed by atoms with Crippen LogP contribution >= 0.6 is 0 Å². The molecule has 110 valence electrons. The summed E-state index contributed by atoms with van der Waals surface area (Å²) in [4.78, 5) is 33.7. The van der Waals surface area contributed by atoms with Gasteiger partial charge in [-0.05, 0) is 33.1 Å². The molecule has 0 aromatic heterocycles. The Morgan fingerprint density at radius 3 is 2.26 bits per heavy atom. The third-order valence-electron chi connectivity index (χ3n) is 2.07. The lowest BCUT2D eigenvalue weighted by Crippen LogP contribution is -2.49. The van der Waals surface area contributed by atoms with Crippen molar-refractivity contribution in [3.8, 4) is 0 Å². The van der Waals surface area contributed by atoms with E-state index in [0.29, 0.717) is 12.7 Å². The lowest BCUT2D eigenvalue weighted by Gasteiger charge is -2.24. The molecule has 2 amide bonds. The number of hydrogen-bond acceptors (Lipinski definition) is 4. The molecule has 6 heteroatoms. The molecule has 0 aliphatic rings. The molecule has 0 bridgehead atoms. The molecule has 0 saturated heterocycles. The molecule has 0 spiro atoms. The summed E-state index contributed by atoms with van der Waals surface area (Å²) in [6, 6.07) is -0.699. The van der Waals surface area contributed by atoms with Crippen molar-refractivity contribution in [3.05, 3.63) is 0 Å². The van der Waals surface area contributed by atoms with Crippen LogP contribution in [0.5, 0.6) is 0 Å². The van der Waals surface area contributed by atoms with Crippen molar-refractivity contribution >= 4 is 18.3 Å². The maximum Gasteiger partial charge on any atom is 0.408 e. The molecule has 0 aliphatic heterocycles. The van der Waals surface area contributed by atoms with Gasteiger partial charge in [-0.1, -0.05) is 13.8 Å². The Kier molecular flexibility index (Phi) is 7.11. The van der Waals surface area contributed by atoms with E-state index in [4.69, 9.17) is 4.74 Å². The SMILES string of the molecule is CC(C)CC(NC(=O)OC(C)(C)C)C(=O)NCC=O. The first kappa shape index (κ1) is 17.4. The molecular formula is C13H24N2O4. The van der Waals surface area contributed by atoms with Crippen LogP contribution in [0.3, 0.4) is 0 Å². The molecular weight excluding hydrogens is 248 g/mol. The number of rotatable bonds is 6. The number of amides is 2. The zero-order chi connectivity index (χ0) is 15.1. The van der Waals surface area contributed by atoms with Gasteiger partial charge in [-0.15, -0.1) is 0 Å². The van der Waals surface area contributed by atoms with E-state index in [1.54, 1.807) is 20.8 Å². The largest absolute Gasteiger partial charge is 0.444 e. The first-order chi connectivity index (χ1) is 8.65. The Bertz CT molecular complexity index is 321. The molecule has 19 heavy (non-hydrogen) atoms. The van der Waals surface area contributed by atoms with Gasteiger partial charge in [0.05, 0.1) is 6.54 Å². The van der Waals surface area contributed by atoms with Gasteiger partial charge < -0.3 is 20.2 Å². The predicted molar refractivity (Wildman–Crippen MR) is 71.7 cm³/mol. The van der Waals surface area contributed by atoms with Crippen molar-refractivity contribution in [1.29, 1.82) is 0 Å². The lowest BCUT2D eigenvalue weighted by molar-refractivity contribution is -0.124. The monoisotopic (exact) mass is 272 g/mol. The van der Waals surface area contributed by atoms with Crippen molar-refractivity contribution in [2.45, 2.75) is 52.7 Å². The second-order valence-electron chi connectivity index (χ2n) is 5.74. The maximum atomic E-state index is 11.8. The van der Waals surface area contributed by atoms with E-state index in [1.165, 1.54) is 0 Å². The number of aldehydes is 1. The predicted octanol–water partition coefficient (Wildman–Crippen LogP) is 1.24. The number of nitrogens with one attached hydrogen (secondary N) is 2. The number of carbonyl (C=O) groups excluding carboxylic acids is 3. The molecule has 0 aromatic carbocycles. The van der Waals surface area contributed by atoms with Crippen LogP contribution in [0.2, 0.25) is 0 Å². The average molecular weight is 272 g/mol. The summed E-state index contributed by atoms with van der Waals surface area (Å²) in [6.45, 7) is 9.06. The van der Waals surface area contributed by atoms with Gasteiger partial charge in [0, 0.05) is 0 Å². The fourth-order valence-corrected chi connectivity index (χ4v) is 1.42. The van der Waals surface area contributed by atoms with Crippen LogP contribution in [-0.2, 0) is 14.3 Å². The van der Waals surface area contributed by atoms with Gasteiger partial charge in [0.15, 0.2) is 0 Å². The van der Waals surface area contributed by atoms with Gasteiger partial charge >= 0.3 is 6.09 Å². The quantitative estimate of drug-likeness (QED) is 0.712. The topological polar surface area (TPSA) is 84.5 Å². The highest BCUT2D eigenvalue weighted by atomic mass is 16.6. The Labute approximate surface area is 114 Å². The van der Waals surface area contributed by atoms with Crippen LogP contribution in [-0.4, -0.2) is 36.5 Å². The van der Waals surface area contributed by atoms with Crippen molar-refractivity contribution < 1.29 is 19.1 Å². The Morgan fingerprint density at radius 1 is 1.26 bits per heavy atom. The standard InChI is InChI=1S/C13H24N2O4/c1-9(2)8-10(11(17)14-6-7-16)15-12(18)19-13(3,4)5/h7,9-10H,6,8H2,1-5H3,(H,14,17)(H,15,18). The second-order valence-corrected chi connectivity index (χ2v) is 5.74. The van der Waals surface area contributed by atoms with Crippen molar-refractivity contribution in [3.63, 3.8) is 0 Å². The highest BCUT2D eigenvalue weighted by Crippen LogP contribution is 2.09. The van der Waals surface area contributed by atoms with E-state index in [2.05, 4.69) is 10.6 Å². The van der Waals surface area contributed by atoms with E-state index in [1.807, 2.05) is 13.8 Å². The van der Waals surface area contributed by atoms with E-state index >= 15 is 0 Å². The highest BCUT2D eigenvalue weighted by Gasteiger charge is 2.24. The third-order valence-corrected chi connectivity index (χ3v) is 2.07. The summed E-state index contributed by atoms with van der Waals surface area (Å²) in [5.41, 5.74) is -0.619. The number of carbonyl (C=O) groups is 3.